The van der Waals surface area contributed by atoms with E-state index in [9.17, 15) is 12.8 Å². The summed E-state index contributed by atoms with van der Waals surface area (Å²) in [7, 11) is -2.17. The third-order valence-corrected chi connectivity index (χ3v) is 5.46. The van der Waals surface area contributed by atoms with Gasteiger partial charge in [-0.2, -0.15) is 9.57 Å². The highest BCUT2D eigenvalue weighted by atomic mass is 32.2. The quantitative estimate of drug-likeness (QED) is 0.905. The second-order valence-corrected chi connectivity index (χ2v) is 6.75. The van der Waals surface area contributed by atoms with Crippen LogP contribution in [0.25, 0.3) is 0 Å². The molecular weight excluding hydrogens is 281 g/mol. The minimum Gasteiger partial charge on any atom is -0.317 e. The molecule has 1 heterocycles. The second kappa shape index (κ2) is 5.87. The van der Waals surface area contributed by atoms with E-state index in [2.05, 4.69) is 5.32 Å². The van der Waals surface area contributed by atoms with Crippen LogP contribution < -0.4 is 5.32 Å². The monoisotopic (exact) mass is 297 g/mol. The number of piperidine rings is 1. The van der Waals surface area contributed by atoms with Gasteiger partial charge in [-0.3, -0.25) is 0 Å². The first-order valence-electron chi connectivity index (χ1n) is 6.35. The summed E-state index contributed by atoms with van der Waals surface area (Å²) in [5.41, 5.74) is -0.259. The maximum Gasteiger partial charge on any atom is 0.243 e. The minimum atomic E-state index is -3.70. The number of halogens is 1. The Kier molecular flexibility index (Phi) is 4.38. The number of nitriles is 1. The Hall–Kier alpha value is -1.49. The largest absolute Gasteiger partial charge is 0.317 e. The summed E-state index contributed by atoms with van der Waals surface area (Å²) in [4.78, 5) is -0.0449. The van der Waals surface area contributed by atoms with Gasteiger partial charge in [-0.05, 0) is 44.1 Å². The van der Waals surface area contributed by atoms with Crippen molar-refractivity contribution in [3.63, 3.8) is 0 Å². The van der Waals surface area contributed by atoms with Gasteiger partial charge in [-0.25, -0.2) is 12.8 Å². The van der Waals surface area contributed by atoms with Crippen molar-refractivity contribution in [3.8, 4) is 6.07 Å². The van der Waals surface area contributed by atoms with Gasteiger partial charge in [0.1, 0.15) is 11.9 Å². The van der Waals surface area contributed by atoms with E-state index in [0.29, 0.717) is 0 Å². The molecule has 1 aromatic carbocycles. The molecule has 0 aliphatic carbocycles. The van der Waals surface area contributed by atoms with Crippen LogP contribution in [0.4, 0.5) is 4.39 Å². The van der Waals surface area contributed by atoms with E-state index in [-0.39, 0.29) is 16.5 Å². The highest BCUT2D eigenvalue weighted by molar-refractivity contribution is 7.89. The van der Waals surface area contributed by atoms with Crippen LogP contribution in [-0.4, -0.2) is 38.9 Å². The lowest BCUT2D eigenvalue weighted by atomic mass is 10.1. The molecule has 7 heteroatoms. The number of hydrogen-bond acceptors (Lipinski definition) is 4. The molecule has 0 bridgehead atoms. The molecule has 0 unspecified atom stereocenters. The SMILES string of the molecule is CN(C1CCNCC1)S(=O)(=O)c1ccc(F)c(C#N)c1. The van der Waals surface area contributed by atoms with E-state index in [0.717, 1.165) is 38.1 Å². The highest BCUT2D eigenvalue weighted by Crippen LogP contribution is 2.22. The average molecular weight is 297 g/mol. The van der Waals surface area contributed by atoms with Crippen LogP contribution in [0.3, 0.4) is 0 Å². The standard InChI is InChI=1S/C13H16FN3O2S/c1-17(11-4-6-16-7-5-11)20(18,19)12-2-3-13(14)10(8-12)9-15/h2-3,8,11,16H,4-7H2,1H3. The zero-order valence-electron chi connectivity index (χ0n) is 11.1. The van der Waals surface area contributed by atoms with Crippen LogP contribution in [0.1, 0.15) is 18.4 Å². The summed E-state index contributed by atoms with van der Waals surface area (Å²) in [6, 6.07) is 4.88. The second-order valence-electron chi connectivity index (χ2n) is 4.76. The van der Waals surface area contributed by atoms with Gasteiger partial charge in [0.2, 0.25) is 10.0 Å². The lowest BCUT2D eigenvalue weighted by molar-refractivity contribution is 0.296. The summed E-state index contributed by atoms with van der Waals surface area (Å²) >= 11 is 0. The van der Waals surface area contributed by atoms with E-state index in [4.69, 9.17) is 5.26 Å². The van der Waals surface area contributed by atoms with Gasteiger partial charge in [0.05, 0.1) is 10.5 Å². The maximum atomic E-state index is 13.3. The summed E-state index contributed by atoms with van der Waals surface area (Å²) in [5.74, 6) is -0.712. The number of rotatable bonds is 3. The van der Waals surface area contributed by atoms with Gasteiger partial charge in [-0.15, -0.1) is 0 Å². The van der Waals surface area contributed by atoms with Crippen molar-refractivity contribution in [2.24, 2.45) is 0 Å². The zero-order chi connectivity index (χ0) is 14.8. The molecular formula is C13H16FN3O2S. The van der Waals surface area contributed by atoms with Crippen molar-refractivity contribution in [1.82, 2.24) is 9.62 Å². The van der Waals surface area contributed by atoms with Crippen molar-refractivity contribution < 1.29 is 12.8 Å². The molecule has 5 nitrogen and oxygen atoms in total. The van der Waals surface area contributed by atoms with Crippen molar-refractivity contribution in [1.29, 1.82) is 5.26 Å². The van der Waals surface area contributed by atoms with Crippen LogP contribution in [0, 0.1) is 17.1 Å². The van der Waals surface area contributed by atoms with Crippen LogP contribution in [0.5, 0.6) is 0 Å². The van der Waals surface area contributed by atoms with E-state index in [1.807, 2.05) is 0 Å². The van der Waals surface area contributed by atoms with Gasteiger partial charge in [0, 0.05) is 13.1 Å². The smallest absolute Gasteiger partial charge is 0.243 e. The molecule has 1 aliphatic heterocycles. The molecule has 20 heavy (non-hydrogen) atoms. The molecule has 0 aromatic heterocycles. The number of benzene rings is 1. The summed E-state index contributed by atoms with van der Waals surface area (Å²) in [5, 5.41) is 12.0. The van der Waals surface area contributed by atoms with Gasteiger partial charge in [-0.1, -0.05) is 0 Å². The van der Waals surface area contributed by atoms with Crippen LogP contribution >= 0.6 is 0 Å². The third kappa shape index (κ3) is 2.82. The van der Waals surface area contributed by atoms with Gasteiger partial charge in [0.25, 0.3) is 0 Å². The topological polar surface area (TPSA) is 73.2 Å². The molecule has 1 aliphatic rings. The number of nitrogens with zero attached hydrogens (tertiary/aromatic N) is 2. The van der Waals surface area contributed by atoms with Crippen molar-refractivity contribution in [2.75, 3.05) is 20.1 Å². The van der Waals surface area contributed by atoms with Gasteiger partial charge in [0.15, 0.2) is 0 Å². The number of sulfonamides is 1. The van der Waals surface area contributed by atoms with E-state index in [1.54, 1.807) is 6.07 Å². The fraction of sp³-hybridized carbons (Fsp3) is 0.462. The predicted molar refractivity (Wildman–Crippen MR) is 72.0 cm³/mol. The molecule has 0 amide bonds. The van der Waals surface area contributed by atoms with E-state index in [1.165, 1.54) is 17.4 Å². The molecule has 0 atom stereocenters. The Bertz CT molecular complexity index is 634. The van der Waals surface area contributed by atoms with Crippen LogP contribution in [0.2, 0.25) is 0 Å². The molecule has 1 saturated heterocycles. The molecule has 0 spiro atoms. The van der Waals surface area contributed by atoms with Gasteiger partial charge >= 0.3 is 0 Å². The molecule has 1 fully saturated rings. The zero-order valence-corrected chi connectivity index (χ0v) is 12.0. The van der Waals surface area contributed by atoms with E-state index >= 15 is 0 Å². The Labute approximate surface area is 118 Å². The molecule has 0 saturated carbocycles. The average Bonchev–Trinajstić information content (AvgIpc) is 2.47. The van der Waals surface area contributed by atoms with Crippen molar-refractivity contribution in [2.45, 2.75) is 23.8 Å². The molecule has 108 valence electrons. The molecule has 2 rings (SSSR count). The Morgan fingerprint density at radius 1 is 1.40 bits per heavy atom. The fourth-order valence-corrected chi connectivity index (χ4v) is 3.73. The molecule has 1 N–H and O–H groups in total. The van der Waals surface area contributed by atoms with Gasteiger partial charge < -0.3 is 5.32 Å². The maximum absolute atomic E-state index is 13.3. The lowest BCUT2D eigenvalue weighted by Crippen LogP contribution is -2.43. The number of nitrogens with one attached hydrogen (secondary N) is 1. The summed E-state index contributed by atoms with van der Waals surface area (Å²) in [6.45, 7) is 1.55. The highest BCUT2D eigenvalue weighted by Gasteiger charge is 2.29. The summed E-state index contributed by atoms with van der Waals surface area (Å²) in [6.07, 6.45) is 1.48. The first-order chi connectivity index (χ1) is 9.46. The van der Waals surface area contributed by atoms with Crippen LogP contribution in [-0.2, 0) is 10.0 Å². The first kappa shape index (κ1) is 14.9. The summed E-state index contributed by atoms with van der Waals surface area (Å²) < 4.78 is 39.6. The molecule has 1 aromatic rings. The van der Waals surface area contributed by atoms with Crippen molar-refractivity contribution >= 4 is 10.0 Å². The normalized spacial score (nSPS) is 17.1. The number of hydrogen-bond donors (Lipinski definition) is 1. The Balaban J connectivity index is 2.32. The fourth-order valence-electron chi connectivity index (χ4n) is 2.28. The Morgan fingerprint density at radius 3 is 2.65 bits per heavy atom. The molecule has 0 radical (unpaired) electrons. The Morgan fingerprint density at radius 2 is 2.05 bits per heavy atom. The van der Waals surface area contributed by atoms with E-state index < -0.39 is 15.8 Å². The third-order valence-electron chi connectivity index (χ3n) is 3.56. The van der Waals surface area contributed by atoms with Crippen LogP contribution in [0.15, 0.2) is 23.1 Å². The minimum absolute atomic E-state index is 0.0449. The lowest BCUT2D eigenvalue weighted by Gasteiger charge is -2.30. The predicted octanol–water partition coefficient (Wildman–Crippen LogP) is 1.07. The van der Waals surface area contributed by atoms with Crippen molar-refractivity contribution in [3.05, 3.63) is 29.6 Å². The first-order valence-corrected chi connectivity index (χ1v) is 7.79.